The highest BCUT2D eigenvalue weighted by atomic mass is 32.1. The topological polar surface area (TPSA) is 159 Å². The Labute approximate surface area is 169 Å². The van der Waals surface area contributed by atoms with Crippen molar-refractivity contribution in [3.8, 4) is 22.2 Å². The third-order valence-electron chi connectivity index (χ3n) is 4.23. The van der Waals surface area contributed by atoms with E-state index in [9.17, 15) is 25.2 Å². The van der Waals surface area contributed by atoms with Crippen molar-refractivity contribution >= 4 is 17.3 Å². The predicted molar refractivity (Wildman–Crippen MR) is 99.7 cm³/mol. The average molecular weight is 427 g/mol. The number of aromatic nitrogens is 1. The fraction of sp³-hybridized carbons (Fsp3) is 0.444. The fourth-order valence-electron chi connectivity index (χ4n) is 2.70. The Hall–Kier alpha value is -2.28. The molecule has 1 aromatic heterocycles. The summed E-state index contributed by atoms with van der Waals surface area (Å²) in [5.74, 6) is -0.333. The minimum Gasteiger partial charge on any atom is -0.481 e. The van der Waals surface area contributed by atoms with Crippen molar-refractivity contribution in [2.24, 2.45) is 0 Å². The van der Waals surface area contributed by atoms with E-state index in [4.69, 9.17) is 19.3 Å². The highest BCUT2D eigenvalue weighted by molar-refractivity contribution is 7.13. The first kappa shape index (κ1) is 21.4. The predicted octanol–water partition coefficient (Wildman–Crippen LogP) is -0.158. The molecule has 1 aliphatic rings. The van der Waals surface area contributed by atoms with Gasteiger partial charge in [0.15, 0.2) is 0 Å². The van der Waals surface area contributed by atoms with Gasteiger partial charge < -0.3 is 39.7 Å². The van der Waals surface area contributed by atoms with Crippen LogP contribution < -0.4 is 9.47 Å². The number of thiazole rings is 1. The van der Waals surface area contributed by atoms with E-state index in [1.807, 2.05) is 0 Å². The zero-order valence-electron chi connectivity index (χ0n) is 15.1. The minimum atomic E-state index is -1.53. The van der Waals surface area contributed by atoms with Crippen molar-refractivity contribution in [3.05, 3.63) is 29.6 Å². The smallest absolute Gasteiger partial charge is 0.306 e. The van der Waals surface area contributed by atoms with E-state index < -0.39 is 43.3 Å². The molecule has 29 heavy (non-hydrogen) atoms. The van der Waals surface area contributed by atoms with E-state index in [2.05, 4.69) is 4.98 Å². The molecule has 0 amide bonds. The lowest BCUT2D eigenvalue weighted by Crippen LogP contribution is -2.60. The molecule has 0 spiro atoms. The molecule has 0 unspecified atom stereocenters. The lowest BCUT2D eigenvalue weighted by Gasteiger charge is -2.39. The number of aliphatic hydroxyl groups excluding tert-OH is 4. The molecule has 5 N–H and O–H groups in total. The lowest BCUT2D eigenvalue weighted by atomic mass is 9.99. The second kappa shape index (κ2) is 9.48. The minimum absolute atomic E-state index is 0.0127. The summed E-state index contributed by atoms with van der Waals surface area (Å²) in [6.07, 6.45) is -6.98. The largest absolute Gasteiger partial charge is 0.481 e. The Morgan fingerprint density at radius 1 is 1.21 bits per heavy atom. The number of benzene rings is 1. The van der Waals surface area contributed by atoms with Gasteiger partial charge in [0.25, 0.3) is 0 Å². The Morgan fingerprint density at radius 2 is 2.00 bits per heavy atom. The molecule has 0 aliphatic carbocycles. The van der Waals surface area contributed by atoms with E-state index in [-0.39, 0.29) is 13.0 Å². The first-order valence-electron chi connectivity index (χ1n) is 8.76. The van der Waals surface area contributed by atoms with Crippen LogP contribution in [-0.2, 0) is 9.53 Å². The van der Waals surface area contributed by atoms with Crippen LogP contribution in [0.2, 0.25) is 0 Å². The van der Waals surface area contributed by atoms with E-state index in [1.54, 1.807) is 29.6 Å². The summed E-state index contributed by atoms with van der Waals surface area (Å²) in [4.78, 5) is 14.8. The van der Waals surface area contributed by atoms with Crippen molar-refractivity contribution in [2.45, 2.75) is 37.1 Å². The van der Waals surface area contributed by atoms with Gasteiger partial charge in [-0.1, -0.05) is 12.1 Å². The number of hydrogen-bond acceptors (Lipinski definition) is 10. The molecular formula is C18H21NO9S. The maximum absolute atomic E-state index is 10.5. The number of hydrogen-bond donors (Lipinski definition) is 5. The monoisotopic (exact) mass is 427 g/mol. The summed E-state index contributed by atoms with van der Waals surface area (Å²) in [7, 11) is 0. The molecule has 1 aromatic carbocycles. The molecule has 11 heteroatoms. The molecule has 158 valence electrons. The standard InChI is InChI=1S/C18H21NO9S/c20-7-11-14(23)15(24)16(25)18(28-11)27-10-3-1-2-9(6-10)17-19-12(8-29-17)26-5-4-13(21)22/h1-3,6,8,11,14-16,18,20,23-25H,4-5,7H2,(H,21,22)/t11-,14-,15+,16-,18-/m1/s1. The first-order chi connectivity index (χ1) is 13.9. The van der Waals surface area contributed by atoms with E-state index in [1.165, 1.54) is 11.3 Å². The number of rotatable bonds is 8. The number of carbonyl (C=O) groups is 1. The van der Waals surface area contributed by atoms with Crippen molar-refractivity contribution in [2.75, 3.05) is 13.2 Å². The van der Waals surface area contributed by atoms with E-state index >= 15 is 0 Å². The Kier molecular flexibility index (Phi) is 7.00. The second-order valence-corrected chi connectivity index (χ2v) is 7.18. The first-order valence-corrected chi connectivity index (χ1v) is 9.64. The van der Waals surface area contributed by atoms with Crippen LogP contribution >= 0.6 is 11.3 Å². The van der Waals surface area contributed by atoms with E-state index in [0.717, 1.165) is 0 Å². The fourth-order valence-corrected chi connectivity index (χ4v) is 3.44. The molecule has 0 bridgehead atoms. The number of ether oxygens (including phenoxy) is 3. The molecular weight excluding hydrogens is 406 g/mol. The highest BCUT2D eigenvalue weighted by Crippen LogP contribution is 2.31. The number of nitrogens with zero attached hydrogens (tertiary/aromatic N) is 1. The maximum Gasteiger partial charge on any atom is 0.306 e. The molecule has 1 aliphatic heterocycles. The zero-order chi connectivity index (χ0) is 21.0. The van der Waals surface area contributed by atoms with Gasteiger partial charge in [-0.15, -0.1) is 11.3 Å². The molecule has 10 nitrogen and oxygen atoms in total. The highest BCUT2D eigenvalue weighted by Gasteiger charge is 2.44. The second-order valence-electron chi connectivity index (χ2n) is 6.33. The van der Waals surface area contributed by atoms with Crippen LogP contribution in [0, 0.1) is 0 Å². The summed E-state index contributed by atoms with van der Waals surface area (Å²) >= 11 is 1.30. The Balaban J connectivity index is 1.68. The third-order valence-corrected chi connectivity index (χ3v) is 5.10. The van der Waals surface area contributed by atoms with Gasteiger partial charge in [-0.2, -0.15) is 0 Å². The van der Waals surface area contributed by atoms with Gasteiger partial charge in [0.2, 0.25) is 12.2 Å². The van der Waals surface area contributed by atoms with Crippen LogP contribution in [-0.4, -0.2) is 80.4 Å². The number of carboxylic acids is 1. The molecule has 0 saturated carbocycles. The van der Waals surface area contributed by atoms with Crippen molar-refractivity contribution in [3.63, 3.8) is 0 Å². The lowest BCUT2D eigenvalue weighted by molar-refractivity contribution is -0.277. The molecule has 1 saturated heterocycles. The SMILES string of the molecule is O=C(O)CCOc1csc(-c2cccc(O[C@@H]3O[C@H](CO)[C@@H](O)[C@H](O)[C@H]3O)c2)n1. The van der Waals surface area contributed by atoms with Gasteiger partial charge >= 0.3 is 5.97 Å². The van der Waals surface area contributed by atoms with Gasteiger partial charge in [-0.25, -0.2) is 4.98 Å². The summed E-state index contributed by atoms with van der Waals surface area (Å²) in [5, 5.41) is 49.9. The van der Waals surface area contributed by atoms with Crippen LogP contribution in [0.25, 0.3) is 10.6 Å². The van der Waals surface area contributed by atoms with Crippen LogP contribution in [0.4, 0.5) is 0 Å². The molecule has 2 heterocycles. The number of aliphatic hydroxyl groups is 4. The van der Waals surface area contributed by atoms with Crippen molar-refractivity contribution in [1.29, 1.82) is 0 Å². The summed E-state index contributed by atoms with van der Waals surface area (Å²) in [6.45, 7) is -0.534. The van der Waals surface area contributed by atoms with Crippen LogP contribution in [0.1, 0.15) is 6.42 Å². The van der Waals surface area contributed by atoms with E-state index in [0.29, 0.717) is 22.2 Å². The Bertz CT molecular complexity index is 827. The number of carboxylic acid groups (broad SMARTS) is 1. The van der Waals surface area contributed by atoms with Crippen LogP contribution in [0.3, 0.4) is 0 Å². The summed E-state index contributed by atoms with van der Waals surface area (Å²) in [5.41, 5.74) is 0.685. The zero-order valence-corrected chi connectivity index (χ0v) is 15.9. The number of aliphatic carboxylic acids is 1. The van der Waals surface area contributed by atoms with Crippen molar-refractivity contribution in [1.82, 2.24) is 4.98 Å². The van der Waals surface area contributed by atoms with Crippen molar-refractivity contribution < 1.29 is 44.5 Å². The molecule has 3 rings (SSSR count). The van der Waals surface area contributed by atoms with Gasteiger partial charge in [0.05, 0.1) is 18.4 Å². The molecule has 5 atom stereocenters. The maximum atomic E-state index is 10.5. The quantitative estimate of drug-likeness (QED) is 0.383. The van der Waals surface area contributed by atoms with Gasteiger partial charge in [0, 0.05) is 5.56 Å². The van der Waals surface area contributed by atoms with Gasteiger partial charge in [-0.05, 0) is 12.1 Å². The van der Waals surface area contributed by atoms with Gasteiger partial charge in [-0.3, -0.25) is 4.79 Å². The van der Waals surface area contributed by atoms with Crippen LogP contribution in [0.15, 0.2) is 29.6 Å². The third kappa shape index (κ3) is 5.21. The average Bonchev–Trinajstić information content (AvgIpc) is 3.17. The summed E-state index contributed by atoms with van der Waals surface area (Å²) < 4.78 is 16.2. The van der Waals surface area contributed by atoms with Gasteiger partial charge in [0.1, 0.15) is 41.8 Å². The summed E-state index contributed by atoms with van der Waals surface area (Å²) in [6, 6.07) is 6.73. The molecule has 0 radical (unpaired) electrons. The Morgan fingerprint density at radius 3 is 2.72 bits per heavy atom. The molecule has 1 fully saturated rings. The van der Waals surface area contributed by atoms with Crippen LogP contribution in [0.5, 0.6) is 11.6 Å². The normalized spacial score (nSPS) is 26.8. The molecule has 2 aromatic rings.